The van der Waals surface area contributed by atoms with Crippen LogP contribution in [0.4, 0.5) is 4.39 Å². The van der Waals surface area contributed by atoms with Crippen LogP contribution in [0.3, 0.4) is 0 Å². The van der Waals surface area contributed by atoms with Crippen molar-refractivity contribution in [3.63, 3.8) is 0 Å². The highest BCUT2D eigenvalue weighted by atomic mass is 19.1. The molecule has 2 aliphatic heterocycles. The van der Waals surface area contributed by atoms with Gasteiger partial charge < -0.3 is 25.3 Å². The predicted molar refractivity (Wildman–Crippen MR) is 106 cm³/mol. The van der Waals surface area contributed by atoms with E-state index in [1.54, 1.807) is 6.07 Å². The van der Waals surface area contributed by atoms with Gasteiger partial charge in [0.05, 0.1) is 12.6 Å². The van der Waals surface area contributed by atoms with Crippen LogP contribution in [-0.4, -0.2) is 65.2 Å². The van der Waals surface area contributed by atoms with Crippen LogP contribution in [0.5, 0.6) is 0 Å². The lowest BCUT2D eigenvalue weighted by molar-refractivity contribution is -0.128. The van der Waals surface area contributed by atoms with Gasteiger partial charge in [-0.25, -0.2) is 4.39 Å². The molecular formula is C21H23FN4O4. The molecule has 0 unspecified atom stereocenters. The Morgan fingerprint density at radius 3 is 2.83 bits per heavy atom. The van der Waals surface area contributed by atoms with E-state index in [0.29, 0.717) is 19.3 Å². The van der Waals surface area contributed by atoms with Crippen LogP contribution in [0.1, 0.15) is 29.8 Å². The normalized spacial score (nSPS) is 24.6. The van der Waals surface area contributed by atoms with Crippen LogP contribution in [0.2, 0.25) is 0 Å². The maximum atomic E-state index is 14.2. The summed E-state index contributed by atoms with van der Waals surface area (Å²) in [5.41, 5.74) is 1.05. The van der Waals surface area contributed by atoms with Gasteiger partial charge >= 0.3 is 0 Å². The van der Waals surface area contributed by atoms with Gasteiger partial charge in [-0.05, 0) is 25.0 Å². The summed E-state index contributed by atoms with van der Waals surface area (Å²) >= 11 is 0. The average molecular weight is 414 g/mol. The van der Waals surface area contributed by atoms with Crippen molar-refractivity contribution in [2.75, 3.05) is 13.1 Å². The van der Waals surface area contributed by atoms with E-state index in [2.05, 4.69) is 15.6 Å². The fourth-order valence-corrected chi connectivity index (χ4v) is 4.20. The first-order valence-corrected chi connectivity index (χ1v) is 10.0. The average Bonchev–Trinajstić information content (AvgIpc) is 3.45. The molecule has 30 heavy (non-hydrogen) atoms. The third-order valence-corrected chi connectivity index (χ3v) is 5.77. The molecule has 4 rings (SSSR count). The van der Waals surface area contributed by atoms with Crippen LogP contribution in [0.15, 0.2) is 30.3 Å². The zero-order chi connectivity index (χ0) is 21.3. The lowest BCUT2D eigenvalue weighted by atomic mass is 9.99. The fourth-order valence-electron chi connectivity index (χ4n) is 4.20. The first-order valence-electron chi connectivity index (χ1n) is 10.0. The van der Waals surface area contributed by atoms with Crippen LogP contribution in [0, 0.1) is 5.92 Å². The molecule has 2 fully saturated rings. The number of amides is 3. The Morgan fingerprint density at radius 2 is 2.13 bits per heavy atom. The first-order chi connectivity index (χ1) is 14.5. The summed E-state index contributed by atoms with van der Waals surface area (Å²) in [5, 5.41) is 6.11. The Kier molecular flexibility index (Phi) is 5.52. The molecule has 3 N–H and O–H groups in total. The zero-order valence-electron chi connectivity index (χ0n) is 16.3. The number of hydrogen-bond donors (Lipinski definition) is 3. The van der Waals surface area contributed by atoms with Gasteiger partial charge in [0.2, 0.25) is 11.8 Å². The Labute approximate surface area is 172 Å². The number of aldehydes is 1. The molecule has 158 valence electrons. The van der Waals surface area contributed by atoms with E-state index in [0.717, 1.165) is 10.9 Å². The monoisotopic (exact) mass is 414 g/mol. The van der Waals surface area contributed by atoms with Crippen LogP contribution in [-0.2, 0) is 14.4 Å². The maximum absolute atomic E-state index is 14.2. The van der Waals surface area contributed by atoms with Crippen molar-refractivity contribution in [1.82, 2.24) is 20.5 Å². The largest absolute Gasteiger partial charge is 0.356 e. The van der Waals surface area contributed by atoms with E-state index in [1.807, 2.05) is 24.3 Å². The van der Waals surface area contributed by atoms with Crippen molar-refractivity contribution >= 4 is 34.9 Å². The second kappa shape index (κ2) is 8.25. The lowest BCUT2D eigenvalue weighted by Crippen LogP contribution is -2.49. The second-order valence-corrected chi connectivity index (χ2v) is 7.84. The molecule has 2 aliphatic rings. The van der Waals surface area contributed by atoms with Crippen LogP contribution < -0.4 is 10.6 Å². The number of aromatic amines is 1. The molecule has 0 radical (unpaired) electrons. The number of carbonyl (C=O) groups excluding carboxylic acids is 4. The number of alkyl halides is 1. The van der Waals surface area contributed by atoms with Crippen molar-refractivity contribution in [2.24, 2.45) is 5.92 Å². The number of nitrogens with zero attached hydrogens (tertiary/aromatic N) is 1. The van der Waals surface area contributed by atoms with Crippen LogP contribution >= 0.6 is 0 Å². The molecule has 1 aromatic heterocycles. The number of rotatable bonds is 6. The van der Waals surface area contributed by atoms with Crippen molar-refractivity contribution in [1.29, 1.82) is 0 Å². The maximum Gasteiger partial charge on any atom is 0.271 e. The number of fused-ring (bicyclic) bond motifs is 1. The quantitative estimate of drug-likeness (QED) is 0.611. The molecule has 3 heterocycles. The summed E-state index contributed by atoms with van der Waals surface area (Å²) in [6.45, 7) is 0.352. The standard InChI is InChI=1S/C21H23FN4O4/c22-14-9-18(20(29)24-15(11-27)7-13-5-6-23-19(13)28)26(10-14)21(30)17-8-12-3-1-2-4-16(12)25-17/h1-4,8,11,13-15,18,25H,5-7,9-10H2,(H,23,28)(H,24,29)/t13-,14+,15-,18-/m0/s1. The number of hydrogen-bond acceptors (Lipinski definition) is 4. The number of nitrogens with one attached hydrogen (secondary N) is 3. The predicted octanol–water partition coefficient (Wildman–Crippen LogP) is 0.930. The summed E-state index contributed by atoms with van der Waals surface area (Å²) in [7, 11) is 0. The molecule has 0 aliphatic carbocycles. The molecule has 9 heteroatoms. The number of para-hydroxylation sites is 1. The Hall–Kier alpha value is -3.23. The van der Waals surface area contributed by atoms with E-state index in [4.69, 9.17) is 0 Å². The van der Waals surface area contributed by atoms with Gasteiger partial charge in [0.15, 0.2) is 0 Å². The van der Waals surface area contributed by atoms with E-state index >= 15 is 0 Å². The molecule has 0 spiro atoms. The molecule has 0 bridgehead atoms. The summed E-state index contributed by atoms with van der Waals surface area (Å²) < 4.78 is 14.2. The summed E-state index contributed by atoms with van der Waals surface area (Å²) in [6, 6.07) is 7.15. The minimum atomic E-state index is -1.33. The van der Waals surface area contributed by atoms with Gasteiger partial charge in [-0.1, -0.05) is 18.2 Å². The Balaban J connectivity index is 1.47. The van der Waals surface area contributed by atoms with Crippen molar-refractivity contribution in [3.8, 4) is 0 Å². The smallest absolute Gasteiger partial charge is 0.271 e. The van der Waals surface area contributed by atoms with Gasteiger partial charge in [0.1, 0.15) is 24.2 Å². The minimum Gasteiger partial charge on any atom is -0.356 e. The number of carbonyl (C=O) groups is 4. The molecule has 2 aromatic rings. The number of benzene rings is 1. The highest BCUT2D eigenvalue weighted by Gasteiger charge is 2.41. The Morgan fingerprint density at radius 1 is 1.33 bits per heavy atom. The van der Waals surface area contributed by atoms with E-state index in [9.17, 15) is 23.6 Å². The number of halogens is 1. The van der Waals surface area contributed by atoms with Crippen molar-refractivity contribution in [3.05, 3.63) is 36.0 Å². The number of likely N-dealkylation sites (tertiary alicyclic amines) is 1. The van der Waals surface area contributed by atoms with Gasteiger partial charge in [0.25, 0.3) is 5.91 Å². The molecule has 2 saturated heterocycles. The summed E-state index contributed by atoms with van der Waals surface area (Å²) in [5.74, 6) is -1.54. The second-order valence-electron chi connectivity index (χ2n) is 7.84. The third kappa shape index (κ3) is 3.92. The van der Waals surface area contributed by atoms with E-state index in [1.165, 1.54) is 4.90 Å². The highest BCUT2D eigenvalue weighted by Crippen LogP contribution is 2.25. The highest BCUT2D eigenvalue weighted by molar-refractivity contribution is 6.00. The van der Waals surface area contributed by atoms with Gasteiger partial charge in [-0.2, -0.15) is 0 Å². The van der Waals surface area contributed by atoms with E-state index < -0.39 is 30.1 Å². The van der Waals surface area contributed by atoms with Crippen molar-refractivity contribution in [2.45, 2.75) is 37.5 Å². The molecule has 8 nitrogen and oxygen atoms in total. The fraction of sp³-hybridized carbons (Fsp3) is 0.429. The summed E-state index contributed by atoms with van der Waals surface area (Å²) in [4.78, 5) is 53.2. The zero-order valence-corrected chi connectivity index (χ0v) is 16.3. The topological polar surface area (TPSA) is 111 Å². The molecule has 3 amide bonds. The minimum absolute atomic E-state index is 0.132. The van der Waals surface area contributed by atoms with Gasteiger partial charge in [-0.3, -0.25) is 14.4 Å². The third-order valence-electron chi connectivity index (χ3n) is 5.77. The lowest BCUT2D eigenvalue weighted by Gasteiger charge is -2.25. The Bertz CT molecular complexity index is 957. The summed E-state index contributed by atoms with van der Waals surface area (Å²) in [6.07, 6.45) is -0.102. The van der Waals surface area contributed by atoms with Crippen molar-refractivity contribution < 1.29 is 23.6 Å². The first kappa shape index (κ1) is 20.1. The van der Waals surface area contributed by atoms with Gasteiger partial charge in [-0.15, -0.1) is 0 Å². The number of H-pyrrole nitrogens is 1. The SMILES string of the molecule is O=C[C@H](C[C@@H]1CCNC1=O)NC(=O)[C@@H]1C[C@@H](F)CN1C(=O)c1cc2ccccc2[nH]1. The molecule has 1 aromatic carbocycles. The molecule has 4 atom stereocenters. The van der Waals surface area contributed by atoms with E-state index in [-0.39, 0.29) is 36.9 Å². The number of aromatic nitrogens is 1. The van der Waals surface area contributed by atoms with Gasteiger partial charge in [0, 0.05) is 29.8 Å². The van der Waals surface area contributed by atoms with Crippen LogP contribution in [0.25, 0.3) is 10.9 Å². The molecular weight excluding hydrogens is 391 g/mol. The molecule has 0 saturated carbocycles.